The lowest BCUT2D eigenvalue weighted by Crippen LogP contribution is -1.98. The standard InChI is InChI=1S/C9H15BrO/c1-4-5-9(10)7-6-8(2)11-3/h5-8H,4H2,1-3H3/b7-6-,9-5+. The third-order valence-electron chi connectivity index (χ3n) is 1.30. The fourth-order valence-electron chi connectivity index (χ4n) is 0.569. The summed E-state index contributed by atoms with van der Waals surface area (Å²) in [4.78, 5) is 0. The summed E-state index contributed by atoms with van der Waals surface area (Å²) in [6.45, 7) is 4.11. The second-order valence-electron chi connectivity index (χ2n) is 2.30. The zero-order valence-electron chi connectivity index (χ0n) is 7.30. The normalized spacial score (nSPS) is 15.8. The Bertz CT molecular complexity index is 150. The average Bonchev–Trinajstić information content (AvgIpc) is 2.01. The Hall–Kier alpha value is -0.0800. The van der Waals surface area contributed by atoms with Crippen molar-refractivity contribution in [3.8, 4) is 0 Å². The van der Waals surface area contributed by atoms with Crippen LogP contribution in [0.15, 0.2) is 22.7 Å². The molecule has 0 aromatic rings. The Morgan fingerprint density at radius 3 is 2.73 bits per heavy atom. The molecule has 0 saturated carbocycles. The first-order valence-corrected chi connectivity index (χ1v) is 4.56. The molecule has 1 unspecified atom stereocenters. The number of rotatable bonds is 4. The molecule has 11 heavy (non-hydrogen) atoms. The first kappa shape index (κ1) is 10.9. The molecule has 0 heterocycles. The fraction of sp³-hybridized carbons (Fsp3) is 0.556. The number of halogens is 1. The highest BCUT2D eigenvalue weighted by molar-refractivity contribution is 9.11. The van der Waals surface area contributed by atoms with Crippen molar-refractivity contribution in [2.24, 2.45) is 0 Å². The van der Waals surface area contributed by atoms with Gasteiger partial charge in [-0.2, -0.15) is 0 Å². The van der Waals surface area contributed by atoms with Crippen LogP contribution in [0, 0.1) is 0 Å². The summed E-state index contributed by atoms with van der Waals surface area (Å²) in [5.41, 5.74) is 0. The molecule has 0 aliphatic rings. The number of ether oxygens (including phenoxy) is 1. The molecule has 0 aliphatic heterocycles. The molecule has 0 amide bonds. The maximum absolute atomic E-state index is 5.04. The maximum Gasteiger partial charge on any atom is 0.0727 e. The smallest absolute Gasteiger partial charge is 0.0727 e. The van der Waals surface area contributed by atoms with Crippen molar-refractivity contribution in [1.82, 2.24) is 0 Å². The Kier molecular flexibility index (Phi) is 6.57. The summed E-state index contributed by atoms with van der Waals surface area (Å²) in [5, 5.41) is 0. The topological polar surface area (TPSA) is 9.23 Å². The van der Waals surface area contributed by atoms with E-state index in [1.807, 2.05) is 19.1 Å². The molecular formula is C9H15BrO. The zero-order chi connectivity index (χ0) is 8.69. The first-order valence-electron chi connectivity index (χ1n) is 3.77. The van der Waals surface area contributed by atoms with E-state index in [1.165, 1.54) is 0 Å². The van der Waals surface area contributed by atoms with Crippen molar-refractivity contribution >= 4 is 15.9 Å². The summed E-state index contributed by atoms with van der Waals surface area (Å²) < 4.78 is 6.16. The number of hydrogen-bond acceptors (Lipinski definition) is 1. The van der Waals surface area contributed by atoms with Crippen LogP contribution in [-0.4, -0.2) is 13.2 Å². The largest absolute Gasteiger partial charge is 0.378 e. The van der Waals surface area contributed by atoms with Gasteiger partial charge in [-0.1, -0.05) is 35.0 Å². The predicted octanol–water partition coefficient (Wildman–Crippen LogP) is 3.27. The van der Waals surface area contributed by atoms with Gasteiger partial charge in [0.2, 0.25) is 0 Å². The van der Waals surface area contributed by atoms with Gasteiger partial charge in [0.15, 0.2) is 0 Å². The summed E-state index contributed by atoms with van der Waals surface area (Å²) in [5.74, 6) is 0. The molecule has 0 saturated heterocycles. The molecule has 0 bridgehead atoms. The molecule has 0 aliphatic carbocycles. The van der Waals surface area contributed by atoms with Crippen LogP contribution in [-0.2, 0) is 4.74 Å². The number of hydrogen-bond donors (Lipinski definition) is 0. The van der Waals surface area contributed by atoms with Crippen molar-refractivity contribution in [3.63, 3.8) is 0 Å². The van der Waals surface area contributed by atoms with Gasteiger partial charge in [-0.25, -0.2) is 0 Å². The molecule has 0 rings (SSSR count). The van der Waals surface area contributed by atoms with Gasteiger partial charge < -0.3 is 4.74 Å². The molecule has 1 nitrogen and oxygen atoms in total. The monoisotopic (exact) mass is 218 g/mol. The Morgan fingerprint density at radius 2 is 2.27 bits per heavy atom. The molecule has 2 heteroatoms. The quantitative estimate of drug-likeness (QED) is 0.659. The molecule has 0 aromatic heterocycles. The van der Waals surface area contributed by atoms with Crippen LogP contribution in [0.1, 0.15) is 20.3 Å². The Morgan fingerprint density at radius 1 is 1.64 bits per heavy atom. The summed E-state index contributed by atoms with van der Waals surface area (Å²) in [7, 11) is 1.70. The van der Waals surface area contributed by atoms with Crippen LogP contribution in [0.5, 0.6) is 0 Å². The SMILES string of the molecule is CC/C=C(Br)\C=C/C(C)OC. The van der Waals surface area contributed by atoms with E-state index in [2.05, 4.69) is 28.9 Å². The van der Waals surface area contributed by atoms with Gasteiger partial charge in [-0.3, -0.25) is 0 Å². The number of methoxy groups -OCH3 is 1. The first-order chi connectivity index (χ1) is 5.20. The van der Waals surface area contributed by atoms with Crippen molar-refractivity contribution in [2.45, 2.75) is 26.4 Å². The van der Waals surface area contributed by atoms with E-state index in [-0.39, 0.29) is 6.10 Å². The highest BCUT2D eigenvalue weighted by Crippen LogP contribution is 2.08. The van der Waals surface area contributed by atoms with E-state index in [1.54, 1.807) is 7.11 Å². The Labute approximate surface area is 77.3 Å². The fourth-order valence-corrected chi connectivity index (χ4v) is 1.05. The molecular weight excluding hydrogens is 204 g/mol. The van der Waals surface area contributed by atoms with Crippen molar-refractivity contribution in [1.29, 1.82) is 0 Å². The molecule has 0 fully saturated rings. The number of allylic oxidation sites excluding steroid dienone is 3. The lowest BCUT2D eigenvalue weighted by atomic mass is 10.3. The second kappa shape index (κ2) is 6.62. The van der Waals surface area contributed by atoms with Crippen LogP contribution in [0.3, 0.4) is 0 Å². The third-order valence-corrected chi connectivity index (χ3v) is 1.89. The van der Waals surface area contributed by atoms with E-state index in [0.717, 1.165) is 10.9 Å². The van der Waals surface area contributed by atoms with Gasteiger partial charge in [-0.05, 0) is 19.4 Å². The van der Waals surface area contributed by atoms with Crippen molar-refractivity contribution in [2.75, 3.05) is 7.11 Å². The maximum atomic E-state index is 5.04. The molecule has 64 valence electrons. The molecule has 0 N–H and O–H groups in total. The summed E-state index contributed by atoms with van der Waals surface area (Å²) in [6, 6.07) is 0. The highest BCUT2D eigenvalue weighted by Gasteiger charge is 1.90. The van der Waals surface area contributed by atoms with Crippen LogP contribution in [0.2, 0.25) is 0 Å². The Balaban J connectivity index is 3.81. The molecule has 0 spiro atoms. The minimum atomic E-state index is 0.188. The molecule has 1 atom stereocenters. The third kappa shape index (κ3) is 6.32. The lowest BCUT2D eigenvalue weighted by Gasteiger charge is -2.00. The van der Waals surface area contributed by atoms with Crippen molar-refractivity contribution < 1.29 is 4.74 Å². The van der Waals surface area contributed by atoms with Gasteiger partial charge in [0.1, 0.15) is 0 Å². The van der Waals surface area contributed by atoms with Gasteiger partial charge in [0.25, 0.3) is 0 Å². The average molecular weight is 219 g/mol. The van der Waals surface area contributed by atoms with Crippen LogP contribution >= 0.6 is 15.9 Å². The van der Waals surface area contributed by atoms with E-state index >= 15 is 0 Å². The highest BCUT2D eigenvalue weighted by atomic mass is 79.9. The molecule has 0 aromatic carbocycles. The van der Waals surface area contributed by atoms with Crippen molar-refractivity contribution in [3.05, 3.63) is 22.7 Å². The zero-order valence-corrected chi connectivity index (χ0v) is 8.89. The summed E-state index contributed by atoms with van der Waals surface area (Å²) >= 11 is 3.41. The van der Waals surface area contributed by atoms with Gasteiger partial charge in [0.05, 0.1) is 6.10 Å². The van der Waals surface area contributed by atoms with Gasteiger partial charge in [-0.15, -0.1) is 0 Å². The van der Waals surface area contributed by atoms with Gasteiger partial charge >= 0.3 is 0 Å². The minimum Gasteiger partial charge on any atom is -0.378 e. The van der Waals surface area contributed by atoms with Crippen LogP contribution in [0.25, 0.3) is 0 Å². The van der Waals surface area contributed by atoms with E-state index in [4.69, 9.17) is 4.74 Å². The van der Waals surface area contributed by atoms with E-state index in [0.29, 0.717) is 0 Å². The predicted molar refractivity (Wildman–Crippen MR) is 52.9 cm³/mol. The van der Waals surface area contributed by atoms with Crippen LogP contribution < -0.4 is 0 Å². The second-order valence-corrected chi connectivity index (χ2v) is 3.21. The molecule has 0 radical (unpaired) electrons. The lowest BCUT2D eigenvalue weighted by molar-refractivity contribution is 0.156. The van der Waals surface area contributed by atoms with E-state index in [9.17, 15) is 0 Å². The minimum absolute atomic E-state index is 0.188. The van der Waals surface area contributed by atoms with Crippen LogP contribution in [0.4, 0.5) is 0 Å². The van der Waals surface area contributed by atoms with E-state index < -0.39 is 0 Å². The van der Waals surface area contributed by atoms with Gasteiger partial charge in [0, 0.05) is 11.6 Å². The summed E-state index contributed by atoms with van der Waals surface area (Å²) in [6.07, 6.45) is 7.37.